The maximum Gasteiger partial charge on any atom is 0.416 e. The summed E-state index contributed by atoms with van der Waals surface area (Å²) in [7, 11) is 0. The van der Waals surface area contributed by atoms with Crippen LogP contribution in [0.1, 0.15) is 16.7 Å². The SMILES string of the molecule is O=C1S/C(=C\c2cccc(C(F)(F)F)c2)C(=O)N1Cc1ccccc1[N+](=O)[O-]. The first-order valence-corrected chi connectivity index (χ1v) is 8.63. The number of hydrogen-bond donors (Lipinski definition) is 0. The van der Waals surface area contributed by atoms with E-state index in [2.05, 4.69) is 0 Å². The minimum absolute atomic E-state index is 0.0529. The molecule has 2 amide bonds. The van der Waals surface area contributed by atoms with Crippen LogP contribution in [0, 0.1) is 10.1 Å². The number of carbonyl (C=O) groups excluding carboxylic acids is 2. The highest BCUT2D eigenvalue weighted by Crippen LogP contribution is 2.35. The molecule has 6 nitrogen and oxygen atoms in total. The van der Waals surface area contributed by atoms with Crippen LogP contribution >= 0.6 is 11.8 Å². The van der Waals surface area contributed by atoms with Crippen molar-refractivity contribution in [1.82, 2.24) is 4.90 Å². The molecule has 1 heterocycles. The molecule has 1 aliphatic heterocycles. The summed E-state index contributed by atoms with van der Waals surface area (Å²) in [6.07, 6.45) is -3.34. The van der Waals surface area contributed by atoms with Crippen LogP contribution in [0.3, 0.4) is 0 Å². The number of benzene rings is 2. The van der Waals surface area contributed by atoms with Crippen LogP contribution in [0.25, 0.3) is 6.08 Å². The van der Waals surface area contributed by atoms with Crippen molar-refractivity contribution in [3.05, 3.63) is 80.2 Å². The van der Waals surface area contributed by atoms with Gasteiger partial charge in [0.2, 0.25) is 0 Å². The van der Waals surface area contributed by atoms with E-state index in [4.69, 9.17) is 0 Å². The lowest BCUT2D eigenvalue weighted by molar-refractivity contribution is -0.385. The molecule has 2 aromatic carbocycles. The van der Waals surface area contributed by atoms with Crippen molar-refractivity contribution in [3.8, 4) is 0 Å². The van der Waals surface area contributed by atoms with Gasteiger partial charge in [-0.05, 0) is 35.5 Å². The topological polar surface area (TPSA) is 80.5 Å². The van der Waals surface area contributed by atoms with Gasteiger partial charge in [-0.1, -0.05) is 30.3 Å². The molecule has 0 atom stereocenters. The first-order chi connectivity index (χ1) is 13.2. The van der Waals surface area contributed by atoms with E-state index < -0.39 is 27.8 Å². The van der Waals surface area contributed by atoms with E-state index in [-0.39, 0.29) is 28.3 Å². The molecule has 0 bridgehead atoms. The third kappa shape index (κ3) is 4.06. The van der Waals surface area contributed by atoms with E-state index in [1.165, 1.54) is 36.4 Å². The lowest BCUT2D eigenvalue weighted by Crippen LogP contribution is -2.27. The van der Waals surface area contributed by atoms with Gasteiger partial charge >= 0.3 is 6.18 Å². The van der Waals surface area contributed by atoms with Crippen LogP contribution in [0.2, 0.25) is 0 Å². The number of nitrogens with zero attached hydrogens (tertiary/aromatic N) is 2. The van der Waals surface area contributed by atoms with Crippen molar-refractivity contribution in [2.75, 3.05) is 0 Å². The van der Waals surface area contributed by atoms with Crippen LogP contribution in [0.4, 0.5) is 23.7 Å². The van der Waals surface area contributed by atoms with Gasteiger partial charge in [0.15, 0.2) is 0 Å². The smallest absolute Gasteiger partial charge is 0.268 e. The number of amides is 2. The number of thioether (sulfide) groups is 1. The molecule has 28 heavy (non-hydrogen) atoms. The summed E-state index contributed by atoms with van der Waals surface area (Å²) in [6, 6.07) is 10.0. The number of hydrogen-bond acceptors (Lipinski definition) is 5. The Morgan fingerprint density at radius 2 is 1.82 bits per heavy atom. The Bertz CT molecular complexity index is 1000. The van der Waals surface area contributed by atoms with Crippen molar-refractivity contribution in [1.29, 1.82) is 0 Å². The molecule has 0 aromatic heterocycles. The van der Waals surface area contributed by atoms with E-state index in [1.807, 2.05) is 0 Å². The molecular formula is C18H11F3N2O4S. The molecule has 2 aromatic rings. The Kier molecular flexibility index (Phi) is 5.23. The lowest BCUT2D eigenvalue weighted by atomic mass is 10.1. The lowest BCUT2D eigenvalue weighted by Gasteiger charge is -2.12. The third-order valence-electron chi connectivity index (χ3n) is 3.90. The molecule has 144 valence electrons. The highest BCUT2D eigenvalue weighted by Gasteiger charge is 2.36. The van der Waals surface area contributed by atoms with Crippen molar-refractivity contribution in [2.45, 2.75) is 12.7 Å². The maximum absolute atomic E-state index is 12.8. The quantitative estimate of drug-likeness (QED) is 0.410. The predicted octanol–water partition coefficient (Wildman–Crippen LogP) is 4.85. The largest absolute Gasteiger partial charge is 0.416 e. The number of carbonyl (C=O) groups is 2. The van der Waals surface area contributed by atoms with Gasteiger partial charge in [0.1, 0.15) is 0 Å². The summed E-state index contributed by atoms with van der Waals surface area (Å²) in [5.74, 6) is -0.717. The van der Waals surface area contributed by atoms with Gasteiger partial charge in [-0.25, -0.2) is 0 Å². The molecular weight excluding hydrogens is 397 g/mol. The minimum Gasteiger partial charge on any atom is -0.268 e. The van der Waals surface area contributed by atoms with Crippen molar-refractivity contribution in [3.63, 3.8) is 0 Å². The summed E-state index contributed by atoms with van der Waals surface area (Å²) < 4.78 is 38.5. The molecule has 0 aliphatic carbocycles. The third-order valence-corrected chi connectivity index (χ3v) is 4.81. The summed E-state index contributed by atoms with van der Waals surface area (Å²) in [6.45, 7) is -0.304. The van der Waals surface area contributed by atoms with Crippen LogP contribution in [0.5, 0.6) is 0 Å². The van der Waals surface area contributed by atoms with Crippen LogP contribution in [-0.2, 0) is 17.5 Å². The zero-order valence-corrected chi connectivity index (χ0v) is 14.8. The Labute approximate surface area is 160 Å². The van der Waals surface area contributed by atoms with E-state index in [0.29, 0.717) is 11.8 Å². The second-order valence-electron chi connectivity index (χ2n) is 5.78. The van der Waals surface area contributed by atoms with Crippen molar-refractivity contribution >= 4 is 34.7 Å². The summed E-state index contributed by atoms with van der Waals surface area (Å²) in [5, 5.41) is 10.4. The molecule has 0 unspecified atom stereocenters. The first-order valence-electron chi connectivity index (χ1n) is 7.82. The number of nitro benzene ring substituents is 1. The van der Waals surface area contributed by atoms with Gasteiger partial charge in [0, 0.05) is 11.6 Å². The number of halogens is 3. The fraction of sp³-hybridized carbons (Fsp3) is 0.111. The number of para-hydroxylation sites is 1. The molecule has 3 rings (SSSR count). The normalized spacial score (nSPS) is 16.1. The van der Waals surface area contributed by atoms with Gasteiger partial charge in [-0.3, -0.25) is 24.6 Å². The zero-order valence-electron chi connectivity index (χ0n) is 14.0. The van der Waals surface area contributed by atoms with Crippen LogP contribution in [0.15, 0.2) is 53.4 Å². The van der Waals surface area contributed by atoms with Gasteiger partial charge in [0.25, 0.3) is 16.8 Å². The van der Waals surface area contributed by atoms with Crippen LogP contribution < -0.4 is 0 Å². The first kappa shape index (κ1) is 19.6. The molecule has 1 aliphatic rings. The molecule has 0 radical (unpaired) electrons. The standard InChI is InChI=1S/C18H11F3N2O4S/c19-18(20,21)13-6-3-4-11(8-13)9-15-16(24)22(17(25)28-15)10-12-5-1-2-7-14(12)23(26)27/h1-9H,10H2/b15-9-. The van der Waals surface area contributed by atoms with Gasteiger partial charge in [-0.15, -0.1) is 0 Å². The Morgan fingerprint density at radius 3 is 2.50 bits per heavy atom. The summed E-state index contributed by atoms with van der Waals surface area (Å²) >= 11 is 0.571. The highest BCUT2D eigenvalue weighted by molar-refractivity contribution is 8.18. The average Bonchev–Trinajstić information content (AvgIpc) is 2.89. The molecule has 0 saturated carbocycles. The molecule has 10 heteroatoms. The van der Waals surface area contributed by atoms with Gasteiger partial charge in [0.05, 0.1) is 21.9 Å². The Balaban J connectivity index is 1.87. The number of nitro groups is 1. The van der Waals surface area contributed by atoms with Gasteiger partial charge < -0.3 is 0 Å². The highest BCUT2D eigenvalue weighted by atomic mass is 32.2. The van der Waals surface area contributed by atoms with Gasteiger partial charge in [-0.2, -0.15) is 13.2 Å². The fourth-order valence-electron chi connectivity index (χ4n) is 2.59. The van der Waals surface area contributed by atoms with Crippen molar-refractivity contribution < 1.29 is 27.7 Å². The maximum atomic E-state index is 12.8. The van der Waals surface area contributed by atoms with Crippen molar-refractivity contribution in [2.24, 2.45) is 0 Å². The van der Waals surface area contributed by atoms with Crippen LogP contribution in [-0.4, -0.2) is 21.0 Å². The number of imide groups is 1. The second-order valence-corrected chi connectivity index (χ2v) is 6.77. The molecule has 1 fully saturated rings. The van der Waals surface area contributed by atoms with E-state index >= 15 is 0 Å². The number of alkyl halides is 3. The van der Waals surface area contributed by atoms with E-state index in [9.17, 15) is 32.9 Å². The Morgan fingerprint density at radius 1 is 1.11 bits per heavy atom. The van der Waals surface area contributed by atoms with E-state index in [0.717, 1.165) is 17.0 Å². The monoisotopic (exact) mass is 408 g/mol. The summed E-state index contributed by atoms with van der Waals surface area (Å²) in [4.78, 5) is 35.9. The summed E-state index contributed by atoms with van der Waals surface area (Å²) in [5.41, 5.74) is -0.815. The second kappa shape index (κ2) is 7.47. The molecule has 0 N–H and O–H groups in total. The zero-order chi connectivity index (χ0) is 20.5. The van der Waals surface area contributed by atoms with E-state index in [1.54, 1.807) is 6.07 Å². The molecule has 1 saturated heterocycles. The minimum atomic E-state index is -4.53. The average molecular weight is 408 g/mol. The Hall–Kier alpha value is -3.14. The predicted molar refractivity (Wildman–Crippen MR) is 96.1 cm³/mol. The molecule has 0 spiro atoms. The number of rotatable bonds is 4. The fourth-order valence-corrected chi connectivity index (χ4v) is 3.42.